The molecule has 0 aliphatic rings. The predicted molar refractivity (Wildman–Crippen MR) is 53.3 cm³/mol. The van der Waals surface area contributed by atoms with Crippen molar-refractivity contribution in [2.75, 3.05) is 7.05 Å². The van der Waals surface area contributed by atoms with Gasteiger partial charge >= 0.3 is 0 Å². The number of hydrogen-bond donors (Lipinski definition) is 1. The number of aryl methyl sites for hydroxylation is 1. The van der Waals surface area contributed by atoms with Gasteiger partial charge in [-0.2, -0.15) is 5.10 Å². The Hall–Kier alpha value is -1.36. The number of rotatable bonds is 3. The summed E-state index contributed by atoms with van der Waals surface area (Å²) in [7, 11) is 3.58. The van der Waals surface area contributed by atoms with Crippen LogP contribution in [0.2, 0.25) is 0 Å². The van der Waals surface area contributed by atoms with Gasteiger partial charge in [0.05, 0.1) is 12.2 Å². The highest BCUT2D eigenvalue weighted by Gasteiger charge is 2.13. The molecule has 0 saturated carbocycles. The van der Waals surface area contributed by atoms with Gasteiger partial charge in [-0.1, -0.05) is 0 Å². The lowest BCUT2D eigenvalue weighted by atomic mass is 10.3. The lowest BCUT2D eigenvalue weighted by Gasteiger charge is -2.18. The molecule has 1 amide bonds. The van der Waals surface area contributed by atoms with Crippen molar-refractivity contribution in [3.8, 4) is 0 Å². The van der Waals surface area contributed by atoms with Crippen molar-refractivity contribution in [2.24, 2.45) is 12.8 Å². The van der Waals surface area contributed by atoms with E-state index in [1.54, 1.807) is 29.7 Å². The monoisotopic (exact) mass is 196 g/mol. The van der Waals surface area contributed by atoms with E-state index in [2.05, 4.69) is 5.10 Å². The summed E-state index contributed by atoms with van der Waals surface area (Å²) in [5, 5.41) is 4.02. The van der Waals surface area contributed by atoms with Gasteiger partial charge in [0, 0.05) is 32.4 Å². The predicted octanol–water partition coefficient (Wildman–Crippen LogP) is -0.274. The van der Waals surface area contributed by atoms with Crippen molar-refractivity contribution in [3.63, 3.8) is 0 Å². The Balaban J connectivity index is 2.57. The lowest BCUT2D eigenvalue weighted by Crippen LogP contribution is -2.39. The van der Waals surface area contributed by atoms with Gasteiger partial charge in [0.15, 0.2) is 0 Å². The fourth-order valence-electron chi connectivity index (χ4n) is 1.25. The first-order valence-corrected chi connectivity index (χ1v) is 4.49. The molecule has 0 spiro atoms. The fourth-order valence-corrected chi connectivity index (χ4v) is 1.25. The number of hydrogen-bond acceptors (Lipinski definition) is 3. The zero-order valence-corrected chi connectivity index (χ0v) is 8.77. The molecule has 0 fully saturated rings. The van der Waals surface area contributed by atoms with Gasteiger partial charge < -0.3 is 10.6 Å². The molecule has 1 atom stereocenters. The molecule has 0 unspecified atom stereocenters. The van der Waals surface area contributed by atoms with Crippen molar-refractivity contribution >= 4 is 5.91 Å². The summed E-state index contributed by atoms with van der Waals surface area (Å²) in [5.41, 5.74) is 6.49. The second kappa shape index (κ2) is 4.23. The Morgan fingerprint density at radius 1 is 1.79 bits per heavy atom. The van der Waals surface area contributed by atoms with E-state index in [1.165, 1.54) is 0 Å². The molecule has 0 bridgehead atoms. The lowest BCUT2D eigenvalue weighted by molar-refractivity contribution is -0.131. The Morgan fingerprint density at radius 3 is 2.86 bits per heavy atom. The Morgan fingerprint density at radius 2 is 2.43 bits per heavy atom. The van der Waals surface area contributed by atoms with E-state index in [0.717, 1.165) is 5.56 Å². The van der Waals surface area contributed by atoms with E-state index in [1.807, 2.05) is 13.2 Å². The Bertz CT molecular complexity index is 318. The molecule has 14 heavy (non-hydrogen) atoms. The summed E-state index contributed by atoms with van der Waals surface area (Å²) in [5.74, 6) is -0.0612. The number of nitrogens with zero attached hydrogens (tertiary/aromatic N) is 3. The van der Waals surface area contributed by atoms with E-state index in [-0.39, 0.29) is 5.91 Å². The molecule has 1 aromatic heterocycles. The van der Waals surface area contributed by atoms with Gasteiger partial charge in [0.25, 0.3) is 0 Å². The zero-order chi connectivity index (χ0) is 10.7. The van der Waals surface area contributed by atoms with Crippen molar-refractivity contribution in [1.29, 1.82) is 0 Å². The van der Waals surface area contributed by atoms with Crippen LogP contribution < -0.4 is 5.73 Å². The Labute approximate surface area is 83.5 Å². The molecule has 1 aromatic rings. The zero-order valence-electron chi connectivity index (χ0n) is 8.77. The second-order valence-corrected chi connectivity index (χ2v) is 3.51. The minimum atomic E-state index is -0.448. The van der Waals surface area contributed by atoms with Gasteiger partial charge in [-0.15, -0.1) is 0 Å². The maximum Gasteiger partial charge on any atom is 0.239 e. The quantitative estimate of drug-likeness (QED) is 0.723. The maximum atomic E-state index is 11.4. The van der Waals surface area contributed by atoms with Crippen LogP contribution in [-0.2, 0) is 18.4 Å². The van der Waals surface area contributed by atoms with Crippen molar-refractivity contribution in [1.82, 2.24) is 14.7 Å². The van der Waals surface area contributed by atoms with Crippen LogP contribution in [0.25, 0.3) is 0 Å². The summed E-state index contributed by atoms with van der Waals surface area (Å²) in [6.45, 7) is 2.23. The van der Waals surface area contributed by atoms with E-state index < -0.39 is 6.04 Å². The van der Waals surface area contributed by atoms with Crippen molar-refractivity contribution in [2.45, 2.75) is 19.5 Å². The topological polar surface area (TPSA) is 64.2 Å². The molecule has 1 rings (SSSR count). The summed E-state index contributed by atoms with van der Waals surface area (Å²) in [4.78, 5) is 13.0. The van der Waals surface area contributed by atoms with Gasteiger partial charge in [-0.3, -0.25) is 9.48 Å². The number of carbonyl (C=O) groups is 1. The fraction of sp³-hybridized carbons (Fsp3) is 0.556. The molecule has 0 aliphatic carbocycles. The van der Waals surface area contributed by atoms with Crippen LogP contribution in [0.5, 0.6) is 0 Å². The minimum absolute atomic E-state index is 0.0612. The highest BCUT2D eigenvalue weighted by molar-refractivity contribution is 5.80. The van der Waals surface area contributed by atoms with Crippen LogP contribution >= 0.6 is 0 Å². The van der Waals surface area contributed by atoms with Crippen LogP contribution in [0.15, 0.2) is 12.4 Å². The molecule has 78 valence electrons. The average molecular weight is 196 g/mol. The third kappa shape index (κ3) is 2.56. The molecular weight excluding hydrogens is 180 g/mol. The number of aromatic nitrogens is 2. The number of nitrogens with two attached hydrogens (primary N) is 1. The summed E-state index contributed by atoms with van der Waals surface area (Å²) >= 11 is 0. The largest absolute Gasteiger partial charge is 0.340 e. The molecule has 0 saturated heterocycles. The first-order chi connectivity index (χ1) is 6.50. The van der Waals surface area contributed by atoms with Gasteiger partial charge in [-0.05, 0) is 6.92 Å². The molecular formula is C9H16N4O. The van der Waals surface area contributed by atoms with Crippen LogP contribution in [0.3, 0.4) is 0 Å². The molecule has 2 N–H and O–H groups in total. The SMILES string of the molecule is C[C@H](N)C(=O)N(C)Cc1cnn(C)c1. The number of likely N-dealkylation sites (N-methyl/N-ethyl adjacent to an activating group) is 1. The van der Waals surface area contributed by atoms with Gasteiger partial charge in [0.2, 0.25) is 5.91 Å². The number of amides is 1. The second-order valence-electron chi connectivity index (χ2n) is 3.51. The van der Waals surface area contributed by atoms with Crippen molar-refractivity contribution in [3.05, 3.63) is 18.0 Å². The standard InChI is InChI=1S/C9H16N4O/c1-7(10)9(14)12(2)5-8-4-11-13(3)6-8/h4,6-7H,5,10H2,1-3H3/t7-/m0/s1. The first kappa shape index (κ1) is 10.7. The van der Waals surface area contributed by atoms with Crippen LogP contribution in [0.4, 0.5) is 0 Å². The highest BCUT2D eigenvalue weighted by Crippen LogP contribution is 2.02. The van der Waals surface area contributed by atoms with Gasteiger partial charge in [-0.25, -0.2) is 0 Å². The average Bonchev–Trinajstić information content (AvgIpc) is 2.49. The molecule has 0 radical (unpaired) electrons. The smallest absolute Gasteiger partial charge is 0.239 e. The van der Waals surface area contributed by atoms with E-state index in [9.17, 15) is 4.79 Å². The first-order valence-electron chi connectivity index (χ1n) is 4.49. The molecule has 1 heterocycles. The maximum absolute atomic E-state index is 11.4. The van der Waals surface area contributed by atoms with Gasteiger partial charge in [0.1, 0.15) is 0 Å². The molecule has 5 heteroatoms. The van der Waals surface area contributed by atoms with Crippen LogP contribution in [0, 0.1) is 0 Å². The highest BCUT2D eigenvalue weighted by atomic mass is 16.2. The number of carbonyl (C=O) groups excluding carboxylic acids is 1. The van der Waals surface area contributed by atoms with E-state index in [0.29, 0.717) is 6.54 Å². The minimum Gasteiger partial charge on any atom is -0.340 e. The van der Waals surface area contributed by atoms with Crippen molar-refractivity contribution < 1.29 is 4.79 Å². The Kier molecular flexibility index (Phi) is 3.24. The third-order valence-corrected chi connectivity index (χ3v) is 1.94. The third-order valence-electron chi connectivity index (χ3n) is 1.94. The van der Waals surface area contributed by atoms with E-state index >= 15 is 0 Å². The molecule has 0 aromatic carbocycles. The van der Waals surface area contributed by atoms with E-state index in [4.69, 9.17) is 5.73 Å². The van der Waals surface area contributed by atoms with Crippen LogP contribution in [-0.4, -0.2) is 33.7 Å². The normalized spacial score (nSPS) is 12.6. The summed E-state index contributed by atoms with van der Waals surface area (Å²) in [6.07, 6.45) is 3.62. The molecule has 0 aliphatic heterocycles. The molecule has 5 nitrogen and oxygen atoms in total. The summed E-state index contributed by atoms with van der Waals surface area (Å²) < 4.78 is 1.71. The van der Waals surface area contributed by atoms with Crippen LogP contribution in [0.1, 0.15) is 12.5 Å². The summed E-state index contributed by atoms with van der Waals surface area (Å²) in [6, 6.07) is -0.448.